The van der Waals surface area contributed by atoms with E-state index in [1.807, 2.05) is 13.0 Å². The van der Waals surface area contributed by atoms with E-state index in [0.29, 0.717) is 6.42 Å². The first-order valence-electron chi connectivity index (χ1n) is 7.26. The molecule has 0 aliphatic carbocycles. The normalized spacial score (nSPS) is 20.0. The summed E-state index contributed by atoms with van der Waals surface area (Å²) in [4.78, 5) is 0. The van der Waals surface area contributed by atoms with Gasteiger partial charge in [-0.3, -0.25) is 0 Å². The highest BCUT2D eigenvalue weighted by Gasteiger charge is 2.22. The second-order valence-corrected chi connectivity index (χ2v) is 5.04. The van der Waals surface area contributed by atoms with Crippen LogP contribution < -0.4 is 0 Å². The summed E-state index contributed by atoms with van der Waals surface area (Å²) in [6, 6.07) is 8.39. The van der Waals surface area contributed by atoms with Crippen LogP contribution >= 0.6 is 0 Å². The van der Waals surface area contributed by atoms with Crippen LogP contribution in [0.5, 0.6) is 0 Å². The highest BCUT2D eigenvalue weighted by Crippen LogP contribution is 2.31. The lowest BCUT2D eigenvalue weighted by molar-refractivity contribution is 0.000235. The SMILES string of the molecule is CCOCCCC(O)CC1OCCc2ccccc21. The minimum Gasteiger partial charge on any atom is -0.393 e. The second kappa shape index (κ2) is 7.63. The zero-order chi connectivity index (χ0) is 13.5. The number of fused-ring (bicyclic) bond motifs is 1. The Bertz CT molecular complexity index is 378. The first-order valence-corrected chi connectivity index (χ1v) is 7.26. The van der Waals surface area contributed by atoms with Crippen molar-refractivity contribution in [1.29, 1.82) is 0 Å². The van der Waals surface area contributed by atoms with Gasteiger partial charge in [-0.05, 0) is 37.3 Å². The van der Waals surface area contributed by atoms with Crippen molar-refractivity contribution in [1.82, 2.24) is 0 Å². The van der Waals surface area contributed by atoms with Crippen molar-refractivity contribution >= 4 is 0 Å². The Morgan fingerprint density at radius 2 is 2.26 bits per heavy atom. The lowest BCUT2D eigenvalue weighted by Gasteiger charge is -2.27. The molecule has 1 aliphatic rings. The molecule has 1 aliphatic heterocycles. The Balaban J connectivity index is 1.83. The minimum absolute atomic E-state index is 0.0482. The molecule has 2 rings (SSSR count). The Morgan fingerprint density at radius 1 is 1.42 bits per heavy atom. The Morgan fingerprint density at radius 3 is 3.11 bits per heavy atom. The van der Waals surface area contributed by atoms with Gasteiger partial charge in [0.25, 0.3) is 0 Å². The van der Waals surface area contributed by atoms with E-state index in [0.717, 1.165) is 39.1 Å². The molecule has 0 saturated heterocycles. The molecule has 19 heavy (non-hydrogen) atoms. The van der Waals surface area contributed by atoms with Crippen molar-refractivity contribution in [3.63, 3.8) is 0 Å². The van der Waals surface area contributed by atoms with E-state index in [1.165, 1.54) is 11.1 Å². The summed E-state index contributed by atoms with van der Waals surface area (Å²) < 4.78 is 11.1. The van der Waals surface area contributed by atoms with Gasteiger partial charge in [0.15, 0.2) is 0 Å². The molecule has 1 aromatic carbocycles. The Hall–Kier alpha value is -0.900. The fourth-order valence-electron chi connectivity index (χ4n) is 2.60. The molecule has 2 unspecified atom stereocenters. The molecule has 0 bridgehead atoms. The van der Waals surface area contributed by atoms with E-state index in [2.05, 4.69) is 18.2 Å². The van der Waals surface area contributed by atoms with E-state index >= 15 is 0 Å². The van der Waals surface area contributed by atoms with Crippen molar-refractivity contribution in [2.75, 3.05) is 19.8 Å². The van der Waals surface area contributed by atoms with Crippen LogP contribution in [0.2, 0.25) is 0 Å². The zero-order valence-corrected chi connectivity index (χ0v) is 11.7. The van der Waals surface area contributed by atoms with Gasteiger partial charge < -0.3 is 14.6 Å². The predicted octanol–water partition coefficient (Wildman–Crippen LogP) is 2.87. The van der Waals surface area contributed by atoms with Gasteiger partial charge in [-0.2, -0.15) is 0 Å². The number of aliphatic hydroxyl groups is 1. The number of aliphatic hydroxyl groups excluding tert-OH is 1. The molecule has 0 spiro atoms. The first-order chi connectivity index (χ1) is 9.31. The van der Waals surface area contributed by atoms with Crippen LogP contribution in [0.4, 0.5) is 0 Å². The number of rotatable bonds is 7. The molecule has 0 aromatic heterocycles. The van der Waals surface area contributed by atoms with Crippen molar-refractivity contribution in [3.05, 3.63) is 35.4 Å². The fraction of sp³-hybridized carbons (Fsp3) is 0.625. The third kappa shape index (κ3) is 4.30. The van der Waals surface area contributed by atoms with Crippen LogP contribution in [0.15, 0.2) is 24.3 Å². The average molecular weight is 264 g/mol. The quantitative estimate of drug-likeness (QED) is 0.770. The second-order valence-electron chi connectivity index (χ2n) is 5.04. The number of ether oxygens (including phenoxy) is 2. The van der Waals surface area contributed by atoms with Crippen LogP contribution in [0.1, 0.15) is 43.4 Å². The molecular weight excluding hydrogens is 240 g/mol. The molecule has 1 N–H and O–H groups in total. The van der Waals surface area contributed by atoms with Gasteiger partial charge in [0.05, 0.1) is 18.8 Å². The van der Waals surface area contributed by atoms with E-state index < -0.39 is 0 Å². The van der Waals surface area contributed by atoms with Crippen molar-refractivity contribution in [3.8, 4) is 0 Å². The zero-order valence-electron chi connectivity index (χ0n) is 11.7. The summed E-state index contributed by atoms with van der Waals surface area (Å²) in [6.07, 6.45) is 3.09. The van der Waals surface area contributed by atoms with E-state index in [-0.39, 0.29) is 12.2 Å². The molecular formula is C16H24O3. The number of hydrogen-bond donors (Lipinski definition) is 1. The summed E-state index contributed by atoms with van der Waals surface area (Å²) in [6.45, 7) is 4.22. The molecule has 2 atom stereocenters. The first kappa shape index (κ1) is 14.5. The third-order valence-electron chi connectivity index (χ3n) is 3.61. The standard InChI is InChI=1S/C16H24O3/c1-2-18-10-5-7-14(17)12-16-15-8-4-3-6-13(15)9-11-19-16/h3-4,6,8,14,16-17H,2,5,7,9-12H2,1H3. The van der Waals surface area contributed by atoms with Gasteiger partial charge in [0.1, 0.15) is 0 Å². The lowest BCUT2D eigenvalue weighted by atomic mass is 9.93. The molecule has 0 amide bonds. The van der Waals surface area contributed by atoms with Crippen LogP contribution in [0.3, 0.4) is 0 Å². The molecule has 3 heteroatoms. The van der Waals surface area contributed by atoms with E-state index in [1.54, 1.807) is 0 Å². The van der Waals surface area contributed by atoms with Gasteiger partial charge in [-0.15, -0.1) is 0 Å². The molecule has 1 aromatic rings. The molecule has 106 valence electrons. The van der Waals surface area contributed by atoms with Crippen molar-refractivity contribution < 1.29 is 14.6 Å². The number of hydrogen-bond acceptors (Lipinski definition) is 3. The topological polar surface area (TPSA) is 38.7 Å². The maximum atomic E-state index is 10.1. The monoisotopic (exact) mass is 264 g/mol. The molecule has 1 heterocycles. The van der Waals surface area contributed by atoms with Crippen molar-refractivity contribution in [2.45, 2.75) is 44.8 Å². The van der Waals surface area contributed by atoms with Crippen LogP contribution in [0.25, 0.3) is 0 Å². The summed E-state index contributed by atoms with van der Waals surface area (Å²) in [5.74, 6) is 0. The van der Waals surface area contributed by atoms with E-state index in [9.17, 15) is 5.11 Å². The predicted molar refractivity (Wildman–Crippen MR) is 75.2 cm³/mol. The largest absolute Gasteiger partial charge is 0.393 e. The summed E-state index contributed by atoms with van der Waals surface area (Å²) in [5, 5.41) is 10.1. The van der Waals surface area contributed by atoms with E-state index in [4.69, 9.17) is 9.47 Å². The highest BCUT2D eigenvalue weighted by molar-refractivity contribution is 5.30. The van der Waals surface area contributed by atoms with Gasteiger partial charge in [-0.25, -0.2) is 0 Å². The lowest BCUT2D eigenvalue weighted by Crippen LogP contribution is -2.21. The smallest absolute Gasteiger partial charge is 0.0852 e. The maximum absolute atomic E-state index is 10.1. The van der Waals surface area contributed by atoms with Gasteiger partial charge in [0, 0.05) is 19.6 Å². The fourth-order valence-corrected chi connectivity index (χ4v) is 2.60. The van der Waals surface area contributed by atoms with Crippen molar-refractivity contribution in [2.24, 2.45) is 0 Å². The van der Waals surface area contributed by atoms with Gasteiger partial charge in [-0.1, -0.05) is 24.3 Å². The van der Waals surface area contributed by atoms with Crippen LogP contribution in [0, 0.1) is 0 Å². The van der Waals surface area contributed by atoms with Crippen LogP contribution in [-0.4, -0.2) is 31.0 Å². The van der Waals surface area contributed by atoms with Crippen LogP contribution in [-0.2, 0) is 15.9 Å². The molecule has 0 radical (unpaired) electrons. The van der Waals surface area contributed by atoms with Gasteiger partial charge >= 0.3 is 0 Å². The van der Waals surface area contributed by atoms with Gasteiger partial charge in [0.2, 0.25) is 0 Å². The number of benzene rings is 1. The maximum Gasteiger partial charge on any atom is 0.0852 e. The molecule has 0 fully saturated rings. The summed E-state index contributed by atoms with van der Waals surface area (Å²) in [7, 11) is 0. The Kier molecular flexibility index (Phi) is 5.83. The minimum atomic E-state index is -0.309. The summed E-state index contributed by atoms with van der Waals surface area (Å²) in [5.41, 5.74) is 2.61. The summed E-state index contributed by atoms with van der Waals surface area (Å²) >= 11 is 0. The Labute approximate surface area is 115 Å². The molecule has 3 nitrogen and oxygen atoms in total. The average Bonchev–Trinajstić information content (AvgIpc) is 2.44. The third-order valence-corrected chi connectivity index (χ3v) is 3.61. The molecule has 0 saturated carbocycles. The highest BCUT2D eigenvalue weighted by atomic mass is 16.5.